The van der Waals surface area contributed by atoms with Gasteiger partial charge in [0.2, 0.25) is 0 Å². The lowest BCUT2D eigenvalue weighted by Gasteiger charge is -2.00. The van der Waals surface area contributed by atoms with Gasteiger partial charge in [-0.1, -0.05) is 6.07 Å². The van der Waals surface area contributed by atoms with E-state index in [1.54, 1.807) is 12.1 Å². The average molecular weight is 221 g/mol. The minimum Gasteiger partial charge on any atom is -0.478 e. The first-order valence-electron chi connectivity index (χ1n) is 4.56. The van der Waals surface area contributed by atoms with Crippen molar-refractivity contribution in [1.29, 1.82) is 0 Å². The summed E-state index contributed by atoms with van der Waals surface area (Å²) in [5, 5.41) is 9.80. The van der Waals surface area contributed by atoms with E-state index < -0.39 is 5.97 Å². The van der Waals surface area contributed by atoms with E-state index in [2.05, 4.69) is 12.6 Å². The number of hydrogen-bond donors (Lipinski definition) is 2. The first kappa shape index (κ1) is 10.1. The number of rotatable bonds is 2. The van der Waals surface area contributed by atoms with Crippen molar-refractivity contribution in [2.75, 3.05) is 0 Å². The zero-order valence-corrected chi connectivity index (χ0v) is 9.16. The lowest BCUT2D eigenvalue weighted by atomic mass is 10.1. The number of aryl methyl sites for hydroxylation is 1. The van der Waals surface area contributed by atoms with Crippen molar-refractivity contribution in [2.24, 2.45) is 7.05 Å². The van der Waals surface area contributed by atoms with Gasteiger partial charge in [0.15, 0.2) is 0 Å². The number of hydrogen-bond acceptors (Lipinski definition) is 2. The highest BCUT2D eigenvalue weighted by atomic mass is 32.1. The van der Waals surface area contributed by atoms with Crippen LogP contribution in [0.15, 0.2) is 24.3 Å². The Morgan fingerprint density at radius 3 is 2.87 bits per heavy atom. The summed E-state index contributed by atoms with van der Waals surface area (Å²) in [4.78, 5) is 11.0. The van der Waals surface area contributed by atoms with Crippen LogP contribution in [-0.4, -0.2) is 15.6 Å². The molecule has 1 N–H and O–H groups in total. The van der Waals surface area contributed by atoms with Crippen molar-refractivity contribution in [3.8, 4) is 0 Å². The molecule has 1 heterocycles. The lowest BCUT2D eigenvalue weighted by molar-refractivity contribution is 0.0699. The van der Waals surface area contributed by atoms with Crippen LogP contribution in [0, 0.1) is 0 Å². The van der Waals surface area contributed by atoms with Crippen LogP contribution >= 0.6 is 12.6 Å². The standard InChI is InChI=1S/C11H11NO2S/c1-12-7(6-15)5-9-8(11(13)14)3-2-4-10(9)12/h2-5,15H,6H2,1H3,(H,13,14). The minimum absolute atomic E-state index is 0.344. The van der Waals surface area contributed by atoms with Gasteiger partial charge in [-0.05, 0) is 18.2 Å². The normalized spacial score (nSPS) is 10.8. The van der Waals surface area contributed by atoms with Gasteiger partial charge in [-0.3, -0.25) is 0 Å². The number of nitrogens with zero attached hydrogens (tertiary/aromatic N) is 1. The summed E-state index contributed by atoms with van der Waals surface area (Å²) < 4.78 is 1.97. The largest absolute Gasteiger partial charge is 0.478 e. The number of thiol groups is 1. The predicted molar refractivity (Wildman–Crippen MR) is 62.6 cm³/mol. The van der Waals surface area contributed by atoms with Crippen LogP contribution < -0.4 is 0 Å². The van der Waals surface area contributed by atoms with E-state index in [9.17, 15) is 4.79 Å². The zero-order chi connectivity index (χ0) is 11.0. The molecular formula is C11H11NO2S. The molecule has 0 unspecified atom stereocenters. The SMILES string of the molecule is Cn1c(CS)cc2c(C(=O)O)cccc21. The average Bonchev–Trinajstić information content (AvgIpc) is 2.55. The van der Waals surface area contributed by atoms with Crippen LogP contribution in [0.1, 0.15) is 16.1 Å². The Morgan fingerprint density at radius 1 is 1.53 bits per heavy atom. The summed E-state index contributed by atoms with van der Waals surface area (Å²) in [7, 11) is 1.92. The molecule has 0 radical (unpaired) electrons. The molecular weight excluding hydrogens is 210 g/mol. The van der Waals surface area contributed by atoms with Crippen LogP contribution in [0.3, 0.4) is 0 Å². The van der Waals surface area contributed by atoms with Gasteiger partial charge in [-0.25, -0.2) is 4.79 Å². The molecule has 0 bridgehead atoms. The third kappa shape index (κ3) is 1.51. The Hall–Kier alpha value is -1.42. The fourth-order valence-corrected chi connectivity index (χ4v) is 2.06. The van der Waals surface area contributed by atoms with E-state index >= 15 is 0 Å². The van der Waals surface area contributed by atoms with Crippen molar-refractivity contribution >= 4 is 29.5 Å². The molecule has 0 amide bonds. The maximum Gasteiger partial charge on any atom is 0.336 e. The Bertz CT molecular complexity index is 531. The van der Waals surface area contributed by atoms with Crippen molar-refractivity contribution < 1.29 is 9.90 Å². The second-order valence-electron chi connectivity index (χ2n) is 3.40. The molecule has 0 aliphatic carbocycles. The van der Waals surface area contributed by atoms with Crippen LogP contribution in [0.4, 0.5) is 0 Å². The summed E-state index contributed by atoms with van der Waals surface area (Å²) >= 11 is 4.21. The fourth-order valence-electron chi connectivity index (χ4n) is 1.75. The Balaban J connectivity index is 2.81. The lowest BCUT2D eigenvalue weighted by Crippen LogP contribution is -1.97. The number of aromatic carboxylic acids is 1. The molecule has 1 aromatic carbocycles. The van der Waals surface area contributed by atoms with E-state index in [4.69, 9.17) is 5.11 Å². The summed E-state index contributed by atoms with van der Waals surface area (Å²) in [6.07, 6.45) is 0. The minimum atomic E-state index is -0.892. The second kappa shape index (κ2) is 3.62. The van der Waals surface area contributed by atoms with Gasteiger partial charge in [-0.15, -0.1) is 0 Å². The highest BCUT2D eigenvalue weighted by Crippen LogP contribution is 2.23. The Kier molecular flexibility index (Phi) is 2.44. The summed E-state index contributed by atoms with van der Waals surface area (Å²) in [6, 6.07) is 7.17. The molecule has 2 aromatic rings. The molecule has 0 saturated carbocycles. The molecule has 2 rings (SSSR count). The van der Waals surface area contributed by atoms with E-state index in [0.717, 1.165) is 16.6 Å². The van der Waals surface area contributed by atoms with Gasteiger partial charge in [0.05, 0.1) is 5.56 Å². The highest BCUT2D eigenvalue weighted by Gasteiger charge is 2.12. The molecule has 0 fully saturated rings. The molecule has 0 saturated heterocycles. The first-order valence-corrected chi connectivity index (χ1v) is 5.20. The molecule has 3 nitrogen and oxygen atoms in total. The van der Waals surface area contributed by atoms with E-state index in [1.165, 1.54) is 0 Å². The van der Waals surface area contributed by atoms with Crippen LogP contribution in [0.2, 0.25) is 0 Å². The second-order valence-corrected chi connectivity index (χ2v) is 3.71. The van der Waals surface area contributed by atoms with Gasteiger partial charge in [0.1, 0.15) is 0 Å². The quantitative estimate of drug-likeness (QED) is 0.764. The molecule has 4 heteroatoms. The van der Waals surface area contributed by atoms with E-state index in [0.29, 0.717) is 11.3 Å². The van der Waals surface area contributed by atoms with Gasteiger partial charge >= 0.3 is 5.97 Å². The van der Waals surface area contributed by atoms with Crippen molar-refractivity contribution in [3.05, 3.63) is 35.5 Å². The van der Waals surface area contributed by atoms with Crippen LogP contribution in [-0.2, 0) is 12.8 Å². The maximum absolute atomic E-state index is 11.0. The highest BCUT2D eigenvalue weighted by molar-refractivity contribution is 7.79. The molecule has 15 heavy (non-hydrogen) atoms. The third-order valence-corrected chi connectivity index (χ3v) is 2.90. The first-order chi connectivity index (χ1) is 7.15. The van der Waals surface area contributed by atoms with E-state index in [-0.39, 0.29) is 0 Å². The Labute approximate surface area is 92.7 Å². The van der Waals surface area contributed by atoms with Crippen LogP contribution in [0.25, 0.3) is 10.9 Å². The number of fused-ring (bicyclic) bond motifs is 1. The topological polar surface area (TPSA) is 42.2 Å². The number of aromatic nitrogens is 1. The number of carbonyl (C=O) groups is 1. The molecule has 0 aliphatic rings. The van der Waals surface area contributed by atoms with Crippen molar-refractivity contribution in [2.45, 2.75) is 5.75 Å². The summed E-state index contributed by atoms with van der Waals surface area (Å²) in [5.74, 6) is -0.290. The summed E-state index contributed by atoms with van der Waals surface area (Å²) in [6.45, 7) is 0. The molecule has 0 aliphatic heterocycles. The number of carboxylic acids is 1. The van der Waals surface area contributed by atoms with Gasteiger partial charge < -0.3 is 9.67 Å². The van der Waals surface area contributed by atoms with E-state index in [1.807, 2.05) is 23.7 Å². The number of benzene rings is 1. The van der Waals surface area contributed by atoms with Gasteiger partial charge in [0, 0.05) is 29.4 Å². The van der Waals surface area contributed by atoms with Crippen molar-refractivity contribution in [3.63, 3.8) is 0 Å². The smallest absolute Gasteiger partial charge is 0.336 e. The van der Waals surface area contributed by atoms with Crippen molar-refractivity contribution in [1.82, 2.24) is 4.57 Å². The fraction of sp³-hybridized carbons (Fsp3) is 0.182. The maximum atomic E-state index is 11.0. The van der Waals surface area contributed by atoms with Gasteiger partial charge in [-0.2, -0.15) is 12.6 Å². The molecule has 0 spiro atoms. The van der Waals surface area contributed by atoms with Gasteiger partial charge in [0.25, 0.3) is 0 Å². The predicted octanol–water partition coefficient (Wildman–Crippen LogP) is 2.31. The third-order valence-electron chi connectivity index (χ3n) is 2.58. The molecule has 1 aromatic heterocycles. The monoisotopic (exact) mass is 221 g/mol. The number of carboxylic acid groups (broad SMARTS) is 1. The summed E-state index contributed by atoms with van der Waals surface area (Å²) in [5.41, 5.74) is 2.29. The van der Waals surface area contributed by atoms with Crippen LogP contribution in [0.5, 0.6) is 0 Å². The zero-order valence-electron chi connectivity index (χ0n) is 8.27. The Morgan fingerprint density at radius 2 is 2.27 bits per heavy atom. The molecule has 78 valence electrons. The molecule has 0 atom stereocenters.